The van der Waals surface area contributed by atoms with Gasteiger partial charge in [-0.25, -0.2) is 4.79 Å². The summed E-state index contributed by atoms with van der Waals surface area (Å²) < 4.78 is 5.42. The first-order valence-electron chi connectivity index (χ1n) is 8.48. The summed E-state index contributed by atoms with van der Waals surface area (Å²) in [6, 6.07) is 13.6. The summed E-state index contributed by atoms with van der Waals surface area (Å²) in [4.78, 5) is 23.7. The number of carbonyl (C=O) groups is 2. The molecule has 2 aromatic carbocycles. The Hall–Kier alpha value is -2.64. The number of aromatic carboxylic acids is 1. The van der Waals surface area contributed by atoms with Crippen molar-refractivity contribution in [2.45, 2.75) is 31.1 Å². The molecule has 0 unspecified atom stereocenters. The van der Waals surface area contributed by atoms with Gasteiger partial charge < -0.3 is 20.5 Å². The van der Waals surface area contributed by atoms with E-state index in [-0.39, 0.29) is 23.5 Å². The molecule has 0 bridgehead atoms. The van der Waals surface area contributed by atoms with Crippen LogP contribution in [0.1, 0.15) is 27.9 Å². The smallest absolute Gasteiger partial charge is 0.526 e. The molecule has 134 valence electrons. The lowest BCUT2D eigenvalue weighted by Gasteiger charge is -2.28. The molecule has 0 saturated heterocycles. The Morgan fingerprint density at radius 1 is 1.19 bits per heavy atom. The summed E-state index contributed by atoms with van der Waals surface area (Å²) in [6.45, 7) is 0. The van der Waals surface area contributed by atoms with Gasteiger partial charge >= 0.3 is 13.1 Å². The second kappa shape index (κ2) is 7.72. The Kier molecular flexibility index (Phi) is 5.39. The Balaban J connectivity index is 1.68. The van der Waals surface area contributed by atoms with Gasteiger partial charge in [0.1, 0.15) is 11.5 Å². The Labute approximate surface area is 151 Å². The zero-order chi connectivity index (χ0) is 18.7. The fraction of sp³-hybridized carbons (Fsp3) is 0.263. The number of carboxylic acid groups (broad SMARTS) is 1. The normalized spacial score (nSPS) is 17.2. The van der Waals surface area contributed by atoms with E-state index in [0.29, 0.717) is 18.4 Å². The standard InChI is InChI=1S/C19H20BNO5/c21-16(9-12-5-2-1-3-6-12)17(22)11-14-10-13-7-4-8-15(19(23)24)18(13)26-20(14)25/h1-8,14,16,25H,9-11,21H2,(H,23,24)/t14-,16-/m1/s1. The number of benzene rings is 2. The van der Waals surface area contributed by atoms with E-state index in [0.717, 1.165) is 5.56 Å². The van der Waals surface area contributed by atoms with Crippen LogP contribution in [0.4, 0.5) is 0 Å². The lowest BCUT2D eigenvalue weighted by atomic mass is 9.64. The van der Waals surface area contributed by atoms with Crippen molar-refractivity contribution in [3.05, 3.63) is 65.2 Å². The van der Waals surface area contributed by atoms with Gasteiger partial charge in [0, 0.05) is 12.2 Å². The molecule has 1 aliphatic heterocycles. The van der Waals surface area contributed by atoms with Gasteiger partial charge in [-0.15, -0.1) is 0 Å². The lowest BCUT2D eigenvalue weighted by molar-refractivity contribution is -0.120. The fourth-order valence-corrected chi connectivity index (χ4v) is 3.22. The van der Waals surface area contributed by atoms with E-state index >= 15 is 0 Å². The van der Waals surface area contributed by atoms with Crippen molar-refractivity contribution in [2.75, 3.05) is 0 Å². The minimum atomic E-state index is -1.24. The predicted octanol–water partition coefficient (Wildman–Crippen LogP) is 1.70. The number of rotatable bonds is 6. The van der Waals surface area contributed by atoms with Crippen LogP contribution >= 0.6 is 0 Å². The molecule has 0 aromatic heterocycles. The Bertz CT molecular complexity index is 811. The molecule has 26 heavy (non-hydrogen) atoms. The molecule has 2 atom stereocenters. The molecule has 1 aliphatic rings. The van der Waals surface area contributed by atoms with Crippen LogP contribution in [0.15, 0.2) is 48.5 Å². The zero-order valence-corrected chi connectivity index (χ0v) is 14.2. The van der Waals surface area contributed by atoms with Crippen molar-refractivity contribution >= 4 is 18.9 Å². The molecule has 7 heteroatoms. The maximum atomic E-state index is 12.5. The van der Waals surface area contributed by atoms with Crippen molar-refractivity contribution in [1.29, 1.82) is 0 Å². The third-order valence-corrected chi connectivity index (χ3v) is 4.63. The quantitative estimate of drug-likeness (QED) is 0.682. The first kappa shape index (κ1) is 18.2. The topological polar surface area (TPSA) is 110 Å². The van der Waals surface area contributed by atoms with Crippen LogP contribution in [0.3, 0.4) is 0 Å². The molecular formula is C19H20BNO5. The molecule has 6 nitrogen and oxygen atoms in total. The van der Waals surface area contributed by atoms with Gasteiger partial charge in [-0.1, -0.05) is 42.5 Å². The Morgan fingerprint density at radius 3 is 2.62 bits per heavy atom. The van der Waals surface area contributed by atoms with Crippen LogP contribution in [-0.4, -0.2) is 35.0 Å². The van der Waals surface area contributed by atoms with E-state index in [2.05, 4.69) is 0 Å². The van der Waals surface area contributed by atoms with Crippen LogP contribution < -0.4 is 10.4 Å². The number of hydrogen-bond acceptors (Lipinski definition) is 5. The van der Waals surface area contributed by atoms with E-state index in [1.165, 1.54) is 6.07 Å². The summed E-state index contributed by atoms with van der Waals surface area (Å²) >= 11 is 0. The highest BCUT2D eigenvalue weighted by Gasteiger charge is 2.38. The number of nitrogens with two attached hydrogens (primary N) is 1. The van der Waals surface area contributed by atoms with Crippen LogP contribution in [0, 0.1) is 0 Å². The molecule has 2 aromatic rings. The summed E-state index contributed by atoms with van der Waals surface area (Å²) in [6.07, 6.45) is 0.871. The van der Waals surface area contributed by atoms with Gasteiger partial charge in [-0.3, -0.25) is 4.79 Å². The second-order valence-electron chi connectivity index (χ2n) is 6.54. The maximum Gasteiger partial charge on any atom is 0.526 e. The van der Waals surface area contributed by atoms with Crippen molar-refractivity contribution < 1.29 is 24.4 Å². The lowest BCUT2D eigenvalue weighted by Crippen LogP contribution is -2.39. The molecule has 4 N–H and O–H groups in total. The van der Waals surface area contributed by atoms with Crippen molar-refractivity contribution in [1.82, 2.24) is 0 Å². The van der Waals surface area contributed by atoms with Gasteiger partial charge in [0.25, 0.3) is 0 Å². The van der Waals surface area contributed by atoms with E-state index in [4.69, 9.17) is 10.4 Å². The highest BCUT2D eigenvalue weighted by molar-refractivity contribution is 6.47. The van der Waals surface area contributed by atoms with Crippen LogP contribution in [0.5, 0.6) is 5.75 Å². The molecule has 0 radical (unpaired) electrons. The molecule has 0 saturated carbocycles. The number of Topliss-reactive ketones (excluding diaryl/α,β-unsaturated/α-hetero) is 1. The average molecular weight is 353 g/mol. The number of carbonyl (C=O) groups excluding carboxylic acids is 1. The number of hydrogen-bond donors (Lipinski definition) is 3. The summed E-state index contributed by atoms with van der Waals surface area (Å²) in [5.41, 5.74) is 7.68. The number of para-hydroxylation sites is 1. The summed E-state index contributed by atoms with van der Waals surface area (Å²) in [7, 11) is -1.24. The molecule has 3 rings (SSSR count). The minimum absolute atomic E-state index is 0.00658. The molecule has 0 spiro atoms. The molecule has 0 fully saturated rings. The number of fused-ring (bicyclic) bond motifs is 1. The van der Waals surface area contributed by atoms with E-state index in [1.807, 2.05) is 30.3 Å². The van der Waals surface area contributed by atoms with Crippen molar-refractivity contribution in [3.63, 3.8) is 0 Å². The summed E-state index contributed by atoms with van der Waals surface area (Å²) in [5, 5.41) is 19.5. The molecule has 0 aliphatic carbocycles. The van der Waals surface area contributed by atoms with Crippen molar-refractivity contribution in [3.8, 4) is 5.75 Å². The first-order valence-corrected chi connectivity index (χ1v) is 8.48. The number of ketones is 1. The van der Waals surface area contributed by atoms with Crippen LogP contribution in [0.2, 0.25) is 5.82 Å². The predicted molar refractivity (Wildman–Crippen MR) is 97.2 cm³/mol. The van der Waals surface area contributed by atoms with Crippen LogP contribution in [0.25, 0.3) is 0 Å². The third-order valence-electron chi connectivity index (χ3n) is 4.63. The van der Waals surface area contributed by atoms with Gasteiger partial charge in [-0.2, -0.15) is 0 Å². The highest BCUT2D eigenvalue weighted by Crippen LogP contribution is 2.36. The van der Waals surface area contributed by atoms with E-state index < -0.39 is 24.9 Å². The average Bonchev–Trinajstić information content (AvgIpc) is 2.62. The van der Waals surface area contributed by atoms with Gasteiger partial charge in [0.05, 0.1) is 11.6 Å². The second-order valence-corrected chi connectivity index (χ2v) is 6.54. The number of carboxylic acids is 1. The molecule has 1 heterocycles. The van der Waals surface area contributed by atoms with Gasteiger partial charge in [0.2, 0.25) is 0 Å². The third kappa shape index (κ3) is 3.95. The minimum Gasteiger partial charge on any atom is -0.535 e. The fourth-order valence-electron chi connectivity index (χ4n) is 3.22. The first-order chi connectivity index (χ1) is 12.5. The molecule has 0 amide bonds. The highest BCUT2D eigenvalue weighted by atomic mass is 16.5. The zero-order valence-electron chi connectivity index (χ0n) is 14.2. The van der Waals surface area contributed by atoms with E-state index in [1.54, 1.807) is 12.1 Å². The molecular weight excluding hydrogens is 333 g/mol. The maximum absolute atomic E-state index is 12.5. The van der Waals surface area contributed by atoms with Gasteiger partial charge in [0.15, 0.2) is 0 Å². The van der Waals surface area contributed by atoms with Crippen LogP contribution in [-0.2, 0) is 17.6 Å². The SMILES string of the molecule is N[C@H](Cc1ccccc1)C(=O)C[C@H]1Cc2cccc(C(=O)O)c2OB1O. The summed E-state index contributed by atoms with van der Waals surface area (Å²) in [5.74, 6) is -1.56. The Morgan fingerprint density at radius 2 is 1.92 bits per heavy atom. The van der Waals surface area contributed by atoms with Gasteiger partial charge in [-0.05, 0) is 30.0 Å². The largest absolute Gasteiger partial charge is 0.535 e. The van der Waals surface area contributed by atoms with E-state index in [9.17, 15) is 19.7 Å². The van der Waals surface area contributed by atoms with Crippen molar-refractivity contribution in [2.24, 2.45) is 5.73 Å². The monoisotopic (exact) mass is 353 g/mol.